The molecule has 0 saturated heterocycles. The lowest BCUT2D eigenvalue weighted by Crippen LogP contribution is -2.36. The van der Waals surface area contributed by atoms with E-state index in [0.29, 0.717) is 47.8 Å². The average molecular weight is 429 g/mol. The Kier molecular flexibility index (Phi) is 9.17. The molecule has 5 N–H and O–H groups in total. The Morgan fingerprint density at radius 1 is 1.25 bits per heavy atom. The number of nitrogens with two attached hydrogens (primary N) is 2. The van der Waals surface area contributed by atoms with Crippen molar-refractivity contribution in [1.29, 1.82) is 0 Å². The molecule has 2 rings (SSSR count). The van der Waals surface area contributed by atoms with Crippen LogP contribution in [0, 0.1) is 4.77 Å². The summed E-state index contributed by atoms with van der Waals surface area (Å²) in [5.41, 5.74) is 11.9. The molecule has 0 saturated carbocycles. The van der Waals surface area contributed by atoms with Crippen molar-refractivity contribution in [1.82, 2.24) is 9.55 Å². The van der Waals surface area contributed by atoms with Crippen LogP contribution in [0.15, 0.2) is 29.1 Å². The second-order valence-corrected chi connectivity index (χ2v) is 6.43. The van der Waals surface area contributed by atoms with Gasteiger partial charge < -0.3 is 25.5 Å². The molecular weight excluding hydrogens is 404 g/mol. The fourth-order valence-electron chi connectivity index (χ4n) is 2.75. The second kappa shape index (κ2) is 10.8. The van der Waals surface area contributed by atoms with Crippen molar-refractivity contribution in [3.8, 4) is 22.8 Å². The van der Waals surface area contributed by atoms with Gasteiger partial charge in [0.1, 0.15) is 11.5 Å². The van der Waals surface area contributed by atoms with Gasteiger partial charge in [-0.15, -0.1) is 12.4 Å². The van der Waals surface area contributed by atoms with Gasteiger partial charge in [-0.25, -0.2) is 0 Å². The number of carbonyl (C=O) groups excluding carboxylic acids is 1. The first-order valence-electron chi connectivity index (χ1n) is 8.48. The molecule has 1 amide bonds. The van der Waals surface area contributed by atoms with E-state index in [1.807, 2.05) is 10.6 Å². The van der Waals surface area contributed by atoms with Crippen molar-refractivity contribution in [2.75, 3.05) is 14.2 Å². The van der Waals surface area contributed by atoms with Crippen molar-refractivity contribution in [2.45, 2.75) is 31.8 Å². The Labute approximate surface area is 174 Å². The minimum Gasteiger partial charge on any atom is -0.497 e. The minimum absolute atomic E-state index is 0. The van der Waals surface area contributed by atoms with Crippen molar-refractivity contribution < 1.29 is 14.3 Å². The van der Waals surface area contributed by atoms with Crippen LogP contribution in [0.25, 0.3) is 11.3 Å². The average Bonchev–Trinajstić information content (AvgIpc) is 2.65. The van der Waals surface area contributed by atoms with Crippen LogP contribution in [-0.2, 0) is 11.3 Å². The van der Waals surface area contributed by atoms with Crippen LogP contribution < -0.4 is 26.5 Å². The fraction of sp³-hybridized carbons (Fsp3) is 0.389. The largest absolute Gasteiger partial charge is 0.497 e. The topological polar surface area (TPSA) is 125 Å². The van der Waals surface area contributed by atoms with Crippen molar-refractivity contribution >= 4 is 30.5 Å². The lowest BCUT2D eigenvalue weighted by Gasteiger charge is -2.17. The molecule has 10 heteroatoms. The van der Waals surface area contributed by atoms with Gasteiger partial charge in [0.25, 0.3) is 5.56 Å². The van der Waals surface area contributed by atoms with Crippen LogP contribution in [-0.4, -0.2) is 35.7 Å². The molecular formula is C18H25ClN4O4S. The van der Waals surface area contributed by atoms with E-state index in [4.69, 9.17) is 33.2 Å². The monoisotopic (exact) mass is 428 g/mol. The number of hydrogen-bond acceptors (Lipinski definition) is 6. The van der Waals surface area contributed by atoms with E-state index in [-0.39, 0.29) is 18.0 Å². The molecule has 154 valence electrons. The van der Waals surface area contributed by atoms with E-state index in [9.17, 15) is 9.59 Å². The molecule has 0 aliphatic rings. The summed E-state index contributed by atoms with van der Waals surface area (Å²) in [6, 6.07) is 6.18. The van der Waals surface area contributed by atoms with E-state index in [2.05, 4.69) is 4.98 Å². The number of rotatable bonds is 9. The predicted molar refractivity (Wildman–Crippen MR) is 113 cm³/mol. The Morgan fingerprint density at radius 2 is 1.96 bits per heavy atom. The number of aromatic amines is 1. The number of aromatic nitrogens is 2. The summed E-state index contributed by atoms with van der Waals surface area (Å²) in [6.45, 7) is 0.547. The van der Waals surface area contributed by atoms with Gasteiger partial charge >= 0.3 is 0 Å². The Morgan fingerprint density at radius 3 is 2.57 bits per heavy atom. The molecule has 0 bridgehead atoms. The number of hydrogen-bond donors (Lipinski definition) is 3. The van der Waals surface area contributed by atoms with E-state index in [0.717, 1.165) is 5.56 Å². The smallest absolute Gasteiger partial charge is 0.252 e. The SMILES string of the molecule is COc1ccc(-c2cc(=O)[nH]c(=S)n2CCCC[C@H](N)C(N)=O)c(OC)c1.Cl. The quantitative estimate of drug-likeness (QED) is 0.414. The van der Waals surface area contributed by atoms with Gasteiger partial charge in [0.2, 0.25) is 5.91 Å². The number of primary amides is 1. The summed E-state index contributed by atoms with van der Waals surface area (Å²) in [4.78, 5) is 25.6. The predicted octanol–water partition coefficient (Wildman–Crippen LogP) is 1.99. The second-order valence-electron chi connectivity index (χ2n) is 6.05. The first kappa shape index (κ1) is 23.7. The van der Waals surface area contributed by atoms with Crippen molar-refractivity contribution in [2.24, 2.45) is 11.5 Å². The number of amides is 1. The molecule has 0 aliphatic heterocycles. The summed E-state index contributed by atoms with van der Waals surface area (Å²) < 4.78 is 12.8. The Balaban J connectivity index is 0.00000392. The highest BCUT2D eigenvalue weighted by Crippen LogP contribution is 2.32. The highest BCUT2D eigenvalue weighted by molar-refractivity contribution is 7.71. The molecule has 0 fully saturated rings. The number of unbranched alkanes of at least 4 members (excludes halogenated alkanes) is 1. The minimum atomic E-state index is -0.658. The van der Waals surface area contributed by atoms with Crippen LogP contribution in [0.4, 0.5) is 0 Å². The zero-order chi connectivity index (χ0) is 20.0. The third-order valence-electron chi connectivity index (χ3n) is 4.23. The number of nitrogens with one attached hydrogen (secondary N) is 1. The maximum atomic E-state index is 12.0. The number of methoxy groups -OCH3 is 2. The van der Waals surface area contributed by atoms with Gasteiger partial charge in [0.15, 0.2) is 4.77 Å². The zero-order valence-corrected chi connectivity index (χ0v) is 17.4. The summed E-state index contributed by atoms with van der Waals surface area (Å²) in [7, 11) is 3.12. The van der Waals surface area contributed by atoms with E-state index in [1.54, 1.807) is 26.4 Å². The highest BCUT2D eigenvalue weighted by atomic mass is 35.5. The molecule has 0 unspecified atom stereocenters. The maximum Gasteiger partial charge on any atom is 0.252 e. The number of ether oxygens (including phenoxy) is 2. The molecule has 8 nitrogen and oxygen atoms in total. The van der Waals surface area contributed by atoms with Gasteiger partial charge in [-0.2, -0.15) is 0 Å². The van der Waals surface area contributed by atoms with Crippen LogP contribution in [0.5, 0.6) is 11.5 Å². The Hall–Kier alpha value is -2.36. The first-order chi connectivity index (χ1) is 12.9. The summed E-state index contributed by atoms with van der Waals surface area (Å²) in [6.07, 6.45) is 1.91. The molecule has 1 atom stereocenters. The van der Waals surface area contributed by atoms with Crippen LogP contribution in [0.3, 0.4) is 0 Å². The van der Waals surface area contributed by atoms with Crippen LogP contribution >= 0.6 is 24.6 Å². The molecule has 0 radical (unpaired) electrons. The Bertz CT molecular complexity index is 929. The normalized spacial score (nSPS) is 11.4. The first-order valence-corrected chi connectivity index (χ1v) is 8.89. The molecule has 0 aliphatic carbocycles. The molecule has 1 aromatic heterocycles. The molecule has 0 spiro atoms. The number of nitrogens with zero attached hydrogens (tertiary/aromatic N) is 1. The van der Waals surface area contributed by atoms with Gasteiger partial charge in [0.05, 0.1) is 26.0 Å². The van der Waals surface area contributed by atoms with Gasteiger partial charge in [0, 0.05) is 24.2 Å². The van der Waals surface area contributed by atoms with Crippen LogP contribution in [0.2, 0.25) is 0 Å². The van der Waals surface area contributed by atoms with Crippen molar-refractivity contribution in [3.63, 3.8) is 0 Å². The number of benzene rings is 1. The number of carbonyl (C=O) groups is 1. The molecule has 28 heavy (non-hydrogen) atoms. The van der Waals surface area contributed by atoms with Gasteiger partial charge in [-0.1, -0.05) is 0 Å². The molecule has 1 heterocycles. The van der Waals surface area contributed by atoms with Gasteiger partial charge in [-0.05, 0) is 43.6 Å². The third-order valence-corrected chi connectivity index (χ3v) is 4.55. The molecule has 2 aromatic rings. The summed E-state index contributed by atoms with van der Waals surface area (Å²) in [5, 5.41) is 0. The molecule has 1 aromatic carbocycles. The number of halogens is 1. The van der Waals surface area contributed by atoms with Crippen molar-refractivity contribution in [3.05, 3.63) is 39.4 Å². The third kappa shape index (κ3) is 5.82. The number of H-pyrrole nitrogens is 1. The lowest BCUT2D eigenvalue weighted by atomic mass is 10.1. The van der Waals surface area contributed by atoms with E-state index < -0.39 is 11.9 Å². The lowest BCUT2D eigenvalue weighted by molar-refractivity contribution is -0.119. The zero-order valence-electron chi connectivity index (χ0n) is 15.8. The summed E-state index contributed by atoms with van der Waals surface area (Å²) in [5.74, 6) is 0.698. The summed E-state index contributed by atoms with van der Waals surface area (Å²) >= 11 is 5.34. The maximum absolute atomic E-state index is 12.0. The van der Waals surface area contributed by atoms with E-state index >= 15 is 0 Å². The van der Waals surface area contributed by atoms with Gasteiger partial charge in [-0.3, -0.25) is 14.6 Å². The fourth-order valence-corrected chi connectivity index (χ4v) is 3.04. The van der Waals surface area contributed by atoms with Crippen LogP contribution in [0.1, 0.15) is 19.3 Å². The highest BCUT2D eigenvalue weighted by Gasteiger charge is 2.14. The standard InChI is InChI=1S/C18H24N4O4S.ClH/c1-25-11-6-7-12(15(9-11)26-2)14-10-16(23)21-18(27)22(14)8-4-3-5-13(19)17(20)24;/h6-7,9-10,13H,3-5,8,19H2,1-2H3,(H2,20,24)(H,21,23,27);1H/t13-;/m0./s1. The van der Waals surface area contributed by atoms with E-state index in [1.165, 1.54) is 6.07 Å².